The van der Waals surface area contributed by atoms with E-state index in [-0.39, 0.29) is 22.9 Å². The van der Waals surface area contributed by atoms with E-state index in [9.17, 15) is 23.2 Å². The molecule has 0 unspecified atom stereocenters. The van der Waals surface area contributed by atoms with Gasteiger partial charge in [0.15, 0.2) is 0 Å². The van der Waals surface area contributed by atoms with Crippen molar-refractivity contribution in [2.45, 2.75) is 6.18 Å². The number of piperazine rings is 1. The molecule has 0 spiro atoms. The van der Waals surface area contributed by atoms with E-state index in [1.807, 2.05) is 30.3 Å². The lowest BCUT2D eigenvalue weighted by Gasteiger charge is -2.36. The van der Waals surface area contributed by atoms with Crippen LogP contribution in [0.5, 0.6) is 5.75 Å². The van der Waals surface area contributed by atoms with Gasteiger partial charge < -0.3 is 19.1 Å². The summed E-state index contributed by atoms with van der Waals surface area (Å²) in [5.74, 6) is 0.371. The zero-order chi connectivity index (χ0) is 23.6. The smallest absolute Gasteiger partial charge is 0.416 e. The van der Waals surface area contributed by atoms with Crippen molar-refractivity contribution >= 4 is 11.6 Å². The predicted octanol–water partition coefficient (Wildman–Crippen LogP) is 4.34. The average Bonchev–Trinajstić information content (AvgIpc) is 3.27. The quantitative estimate of drug-likeness (QED) is 0.589. The Kier molecular flexibility index (Phi) is 6.01. The Balaban J connectivity index is 1.56. The highest BCUT2D eigenvalue weighted by Gasteiger charge is 2.31. The highest BCUT2D eigenvalue weighted by atomic mass is 19.4. The van der Waals surface area contributed by atoms with E-state index < -0.39 is 11.7 Å². The van der Waals surface area contributed by atoms with Crippen LogP contribution in [0.4, 0.5) is 18.9 Å². The standard InChI is InChI=1S/C24H21F3N4O2/c1-33-21-7-5-19(6-8-21)29-11-13-30(14-12-29)23(32)22-17(16-28)9-10-31(22)20-4-2-3-18(15-20)24(25,26)27/h2-10,15H,11-14H2,1H3. The van der Waals surface area contributed by atoms with Crippen LogP contribution in [-0.2, 0) is 6.18 Å². The number of methoxy groups -OCH3 is 1. The van der Waals surface area contributed by atoms with Gasteiger partial charge in [-0.1, -0.05) is 6.07 Å². The molecule has 1 aromatic heterocycles. The van der Waals surface area contributed by atoms with E-state index in [2.05, 4.69) is 4.90 Å². The third-order valence-corrected chi connectivity index (χ3v) is 5.67. The minimum Gasteiger partial charge on any atom is -0.497 e. The van der Waals surface area contributed by atoms with Crippen LogP contribution in [0.25, 0.3) is 5.69 Å². The number of anilines is 1. The molecule has 0 aliphatic carbocycles. The van der Waals surface area contributed by atoms with Crippen LogP contribution < -0.4 is 9.64 Å². The Labute approximate surface area is 189 Å². The second kappa shape index (κ2) is 8.90. The topological polar surface area (TPSA) is 61.5 Å². The first-order valence-electron chi connectivity index (χ1n) is 10.3. The molecule has 1 saturated heterocycles. The summed E-state index contributed by atoms with van der Waals surface area (Å²) in [6, 6.07) is 15.8. The van der Waals surface area contributed by atoms with Gasteiger partial charge in [0.1, 0.15) is 17.5 Å². The van der Waals surface area contributed by atoms with Gasteiger partial charge in [-0.3, -0.25) is 4.79 Å². The van der Waals surface area contributed by atoms with Crippen LogP contribution >= 0.6 is 0 Å². The molecule has 0 bridgehead atoms. The molecule has 1 fully saturated rings. The SMILES string of the molecule is COc1ccc(N2CCN(C(=O)c3c(C#N)ccn3-c3cccc(C(F)(F)F)c3)CC2)cc1. The summed E-state index contributed by atoms with van der Waals surface area (Å²) in [6.07, 6.45) is -3.06. The Morgan fingerprint density at radius 1 is 1.00 bits per heavy atom. The average molecular weight is 454 g/mol. The summed E-state index contributed by atoms with van der Waals surface area (Å²) < 4.78 is 46.1. The number of aromatic nitrogens is 1. The fraction of sp³-hybridized carbons (Fsp3) is 0.250. The first-order valence-corrected chi connectivity index (χ1v) is 10.3. The van der Waals surface area contributed by atoms with Crippen LogP contribution in [0, 0.1) is 11.3 Å². The van der Waals surface area contributed by atoms with Crippen molar-refractivity contribution in [3.63, 3.8) is 0 Å². The number of hydrogen-bond acceptors (Lipinski definition) is 4. The molecule has 2 aromatic carbocycles. The maximum atomic E-state index is 13.3. The number of nitrogens with zero attached hydrogens (tertiary/aromatic N) is 4. The van der Waals surface area contributed by atoms with Crippen molar-refractivity contribution in [3.05, 3.63) is 77.6 Å². The molecule has 0 N–H and O–H groups in total. The molecular weight excluding hydrogens is 433 g/mol. The number of rotatable bonds is 4. The van der Waals surface area contributed by atoms with E-state index >= 15 is 0 Å². The lowest BCUT2D eigenvalue weighted by molar-refractivity contribution is -0.137. The van der Waals surface area contributed by atoms with Crippen LogP contribution in [0.3, 0.4) is 0 Å². The molecule has 9 heteroatoms. The molecule has 1 aliphatic rings. The largest absolute Gasteiger partial charge is 0.497 e. The number of carbonyl (C=O) groups is 1. The lowest BCUT2D eigenvalue weighted by Crippen LogP contribution is -2.49. The molecule has 1 aliphatic heterocycles. The van der Waals surface area contributed by atoms with Gasteiger partial charge >= 0.3 is 6.18 Å². The van der Waals surface area contributed by atoms with Crippen molar-refractivity contribution < 1.29 is 22.7 Å². The summed E-state index contributed by atoms with van der Waals surface area (Å²) in [5, 5.41) is 9.51. The predicted molar refractivity (Wildman–Crippen MR) is 117 cm³/mol. The van der Waals surface area contributed by atoms with Crippen LogP contribution in [0.15, 0.2) is 60.8 Å². The summed E-state index contributed by atoms with van der Waals surface area (Å²) >= 11 is 0. The van der Waals surface area contributed by atoms with E-state index in [0.29, 0.717) is 26.2 Å². The second-order valence-corrected chi connectivity index (χ2v) is 7.59. The van der Waals surface area contributed by atoms with Gasteiger partial charge in [0, 0.05) is 43.8 Å². The van der Waals surface area contributed by atoms with Gasteiger partial charge in [0.25, 0.3) is 5.91 Å². The van der Waals surface area contributed by atoms with Crippen LogP contribution in [0.1, 0.15) is 21.6 Å². The summed E-state index contributed by atoms with van der Waals surface area (Å²) in [4.78, 5) is 17.1. The molecule has 6 nitrogen and oxygen atoms in total. The van der Waals surface area contributed by atoms with Crippen LogP contribution in [0.2, 0.25) is 0 Å². The zero-order valence-corrected chi connectivity index (χ0v) is 17.8. The molecule has 3 aromatic rings. The van der Waals surface area contributed by atoms with Crippen molar-refractivity contribution in [1.29, 1.82) is 5.26 Å². The first kappa shape index (κ1) is 22.3. The number of nitriles is 1. The molecule has 0 saturated carbocycles. The van der Waals surface area contributed by atoms with Gasteiger partial charge in [-0.05, 0) is 48.5 Å². The number of amides is 1. The van der Waals surface area contributed by atoms with Crippen molar-refractivity contribution in [1.82, 2.24) is 9.47 Å². The number of hydrogen-bond donors (Lipinski definition) is 0. The number of ether oxygens (including phenoxy) is 1. The number of halogens is 3. The van der Waals surface area contributed by atoms with E-state index in [0.717, 1.165) is 23.6 Å². The normalized spacial score (nSPS) is 14.2. The number of benzene rings is 2. The van der Waals surface area contributed by atoms with Crippen molar-refractivity contribution in [3.8, 4) is 17.5 Å². The fourth-order valence-electron chi connectivity index (χ4n) is 3.90. The Morgan fingerprint density at radius 2 is 1.70 bits per heavy atom. The minimum absolute atomic E-state index is 0.0646. The van der Waals surface area contributed by atoms with Gasteiger partial charge in [0.2, 0.25) is 0 Å². The minimum atomic E-state index is -4.51. The molecule has 2 heterocycles. The molecule has 170 valence electrons. The molecule has 0 radical (unpaired) electrons. The summed E-state index contributed by atoms with van der Waals surface area (Å²) in [6.45, 7) is 2.02. The number of alkyl halides is 3. The van der Waals surface area contributed by atoms with Gasteiger partial charge in [-0.2, -0.15) is 18.4 Å². The second-order valence-electron chi connectivity index (χ2n) is 7.59. The van der Waals surface area contributed by atoms with E-state index in [1.165, 1.54) is 29.0 Å². The Hall–Kier alpha value is -3.93. The van der Waals surface area contributed by atoms with Gasteiger partial charge in [-0.15, -0.1) is 0 Å². The molecule has 4 rings (SSSR count). The maximum absolute atomic E-state index is 13.3. The molecular formula is C24H21F3N4O2. The maximum Gasteiger partial charge on any atom is 0.416 e. The third-order valence-electron chi connectivity index (χ3n) is 5.67. The first-order chi connectivity index (χ1) is 15.8. The van der Waals surface area contributed by atoms with Gasteiger partial charge in [-0.25, -0.2) is 0 Å². The van der Waals surface area contributed by atoms with Gasteiger partial charge in [0.05, 0.1) is 18.2 Å². The zero-order valence-electron chi connectivity index (χ0n) is 17.8. The monoisotopic (exact) mass is 454 g/mol. The highest BCUT2D eigenvalue weighted by molar-refractivity contribution is 5.96. The summed E-state index contributed by atoms with van der Waals surface area (Å²) in [5.41, 5.74) is 0.544. The van der Waals surface area contributed by atoms with Crippen LogP contribution in [-0.4, -0.2) is 48.7 Å². The number of carbonyl (C=O) groups excluding carboxylic acids is 1. The van der Waals surface area contributed by atoms with E-state index in [4.69, 9.17) is 4.74 Å². The Morgan fingerprint density at radius 3 is 2.30 bits per heavy atom. The third kappa shape index (κ3) is 4.51. The molecule has 1 amide bonds. The molecule has 0 atom stereocenters. The lowest BCUT2D eigenvalue weighted by atomic mass is 10.1. The van der Waals surface area contributed by atoms with Crippen molar-refractivity contribution in [2.75, 3.05) is 38.2 Å². The van der Waals surface area contributed by atoms with Crippen molar-refractivity contribution in [2.24, 2.45) is 0 Å². The molecule has 33 heavy (non-hydrogen) atoms. The summed E-state index contributed by atoms with van der Waals surface area (Å²) in [7, 11) is 1.60. The Bertz CT molecular complexity index is 1190. The fourth-order valence-corrected chi connectivity index (χ4v) is 3.90. The highest BCUT2D eigenvalue weighted by Crippen LogP contribution is 2.31. The van der Waals surface area contributed by atoms with E-state index in [1.54, 1.807) is 12.0 Å².